The molecule has 2 atom stereocenters. The van der Waals surface area contributed by atoms with Gasteiger partial charge in [-0.3, -0.25) is 0 Å². The Kier molecular flexibility index (Phi) is 3.46. The molecule has 0 aliphatic heterocycles. The van der Waals surface area contributed by atoms with Gasteiger partial charge in [-0.05, 0) is 12.5 Å². The van der Waals surface area contributed by atoms with Crippen LogP contribution >= 0.6 is 0 Å². The summed E-state index contributed by atoms with van der Waals surface area (Å²) in [5.74, 6) is -0.109. The highest BCUT2D eigenvalue weighted by Gasteiger charge is 2.14. The van der Waals surface area contributed by atoms with E-state index in [4.69, 9.17) is 5.11 Å². The Morgan fingerprint density at radius 1 is 1.23 bits per heavy atom. The van der Waals surface area contributed by atoms with Gasteiger partial charge >= 0.3 is 0 Å². The third-order valence-corrected chi connectivity index (χ3v) is 2.25. The Balaban J connectivity index is 2.77. The monoisotopic (exact) mass is 180 g/mol. The maximum atomic E-state index is 9.72. The minimum atomic E-state index is -0.564. The van der Waals surface area contributed by atoms with Crippen LogP contribution in [-0.4, -0.2) is 16.8 Å². The highest BCUT2D eigenvalue weighted by atomic mass is 16.3. The van der Waals surface area contributed by atoms with Crippen molar-refractivity contribution in [2.75, 3.05) is 6.61 Å². The van der Waals surface area contributed by atoms with Crippen LogP contribution in [0.1, 0.15) is 24.2 Å². The van der Waals surface area contributed by atoms with Crippen molar-refractivity contribution in [2.45, 2.75) is 20.0 Å². The Labute approximate surface area is 78.8 Å². The van der Waals surface area contributed by atoms with Gasteiger partial charge in [-0.1, -0.05) is 36.8 Å². The van der Waals surface area contributed by atoms with E-state index >= 15 is 0 Å². The van der Waals surface area contributed by atoms with Crippen molar-refractivity contribution < 1.29 is 10.2 Å². The molecule has 0 aliphatic carbocycles. The maximum Gasteiger partial charge on any atom is 0.0837 e. The molecule has 0 heterocycles. The smallest absolute Gasteiger partial charge is 0.0837 e. The molecular formula is C11H16O2. The highest BCUT2D eigenvalue weighted by molar-refractivity contribution is 5.23. The fourth-order valence-electron chi connectivity index (χ4n) is 1.19. The van der Waals surface area contributed by atoms with Crippen molar-refractivity contribution in [1.82, 2.24) is 0 Å². The van der Waals surface area contributed by atoms with Crippen LogP contribution in [0, 0.1) is 12.8 Å². The number of hydrogen-bond donors (Lipinski definition) is 2. The quantitative estimate of drug-likeness (QED) is 0.742. The molecule has 0 saturated carbocycles. The molecule has 1 aromatic rings. The van der Waals surface area contributed by atoms with E-state index < -0.39 is 6.10 Å². The molecule has 0 spiro atoms. The van der Waals surface area contributed by atoms with Gasteiger partial charge in [-0.2, -0.15) is 0 Å². The first kappa shape index (κ1) is 10.2. The second-order valence-corrected chi connectivity index (χ2v) is 3.52. The SMILES string of the molecule is Cc1ccc(C(O)[C@H](C)CO)cc1. The van der Waals surface area contributed by atoms with Crippen molar-refractivity contribution in [3.63, 3.8) is 0 Å². The molecule has 0 aliphatic rings. The zero-order chi connectivity index (χ0) is 9.84. The van der Waals surface area contributed by atoms with Crippen molar-refractivity contribution >= 4 is 0 Å². The molecule has 0 fully saturated rings. The van der Waals surface area contributed by atoms with Crippen molar-refractivity contribution in [1.29, 1.82) is 0 Å². The largest absolute Gasteiger partial charge is 0.396 e. The predicted molar refractivity (Wildman–Crippen MR) is 52.4 cm³/mol. The van der Waals surface area contributed by atoms with Gasteiger partial charge in [-0.25, -0.2) is 0 Å². The van der Waals surface area contributed by atoms with E-state index in [1.807, 2.05) is 38.1 Å². The number of benzene rings is 1. The number of rotatable bonds is 3. The standard InChI is InChI=1S/C11H16O2/c1-8-3-5-10(6-4-8)11(13)9(2)7-12/h3-6,9,11-13H,7H2,1-2H3/t9-,11?/m1/s1. The molecule has 1 aromatic carbocycles. The van der Waals surface area contributed by atoms with Crippen molar-refractivity contribution in [2.24, 2.45) is 5.92 Å². The predicted octanol–water partition coefficient (Wildman–Crippen LogP) is 1.66. The summed E-state index contributed by atoms with van der Waals surface area (Å²) < 4.78 is 0. The van der Waals surface area contributed by atoms with Gasteiger partial charge in [-0.15, -0.1) is 0 Å². The molecular weight excluding hydrogens is 164 g/mol. The van der Waals surface area contributed by atoms with E-state index in [0.29, 0.717) is 0 Å². The fourth-order valence-corrected chi connectivity index (χ4v) is 1.19. The molecule has 72 valence electrons. The Morgan fingerprint density at radius 2 is 1.77 bits per heavy atom. The van der Waals surface area contributed by atoms with Crippen LogP contribution in [0.5, 0.6) is 0 Å². The summed E-state index contributed by atoms with van der Waals surface area (Å²) in [5.41, 5.74) is 2.04. The lowest BCUT2D eigenvalue weighted by atomic mass is 9.97. The molecule has 0 amide bonds. The van der Waals surface area contributed by atoms with E-state index in [1.165, 1.54) is 5.56 Å². The van der Waals surface area contributed by atoms with Gasteiger partial charge in [0.05, 0.1) is 6.10 Å². The second-order valence-electron chi connectivity index (χ2n) is 3.52. The Bertz CT molecular complexity index is 253. The van der Waals surface area contributed by atoms with E-state index in [0.717, 1.165) is 5.56 Å². The van der Waals surface area contributed by atoms with Gasteiger partial charge in [0.2, 0.25) is 0 Å². The molecule has 2 N–H and O–H groups in total. The molecule has 0 saturated heterocycles. The average Bonchev–Trinajstić information content (AvgIpc) is 2.17. The normalized spacial score (nSPS) is 15.4. The van der Waals surface area contributed by atoms with Crippen LogP contribution in [0.2, 0.25) is 0 Å². The minimum absolute atomic E-state index is 0.00897. The number of hydrogen-bond acceptors (Lipinski definition) is 2. The molecule has 13 heavy (non-hydrogen) atoms. The van der Waals surface area contributed by atoms with Crippen LogP contribution in [0.4, 0.5) is 0 Å². The first-order valence-electron chi connectivity index (χ1n) is 4.50. The average molecular weight is 180 g/mol. The summed E-state index contributed by atoms with van der Waals surface area (Å²) in [6.45, 7) is 3.84. The van der Waals surface area contributed by atoms with E-state index in [1.54, 1.807) is 0 Å². The molecule has 0 radical (unpaired) electrons. The minimum Gasteiger partial charge on any atom is -0.396 e. The van der Waals surface area contributed by atoms with Crippen LogP contribution in [0.3, 0.4) is 0 Å². The first-order chi connectivity index (χ1) is 6.15. The number of aliphatic hydroxyl groups excluding tert-OH is 2. The summed E-state index contributed by atoms with van der Waals surface area (Å²) >= 11 is 0. The molecule has 2 heteroatoms. The van der Waals surface area contributed by atoms with Gasteiger partial charge in [0, 0.05) is 12.5 Å². The zero-order valence-corrected chi connectivity index (χ0v) is 8.07. The van der Waals surface area contributed by atoms with E-state index in [2.05, 4.69) is 0 Å². The number of aryl methyl sites for hydroxylation is 1. The van der Waals surface area contributed by atoms with Crippen LogP contribution < -0.4 is 0 Å². The molecule has 0 aromatic heterocycles. The third-order valence-electron chi connectivity index (χ3n) is 2.25. The summed E-state index contributed by atoms with van der Waals surface area (Å²) in [6.07, 6.45) is -0.564. The summed E-state index contributed by atoms with van der Waals surface area (Å²) in [7, 11) is 0. The highest BCUT2D eigenvalue weighted by Crippen LogP contribution is 2.21. The van der Waals surface area contributed by atoms with E-state index in [-0.39, 0.29) is 12.5 Å². The van der Waals surface area contributed by atoms with Gasteiger partial charge in [0.25, 0.3) is 0 Å². The number of aliphatic hydroxyl groups is 2. The van der Waals surface area contributed by atoms with Crippen LogP contribution in [-0.2, 0) is 0 Å². The first-order valence-corrected chi connectivity index (χ1v) is 4.50. The Morgan fingerprint density at radius 3 is 2.23 bits per heavy atom. The summed E-state index contributed by atoms with van der Waals surface area (Å²) in [5, 5.41) is 18.6. The fraction of sp³-hybridized carbons (Fsp3) is 0.455. The molecule has 1 rings (SSSR count). The van der Waals surface area contributed by atoms with Gasteiger partial charge in [0.15, 0.2) is 0 Å². The lowest BCUT2D eigenvalue weighted by molar-refractivity contribution is 0.0770. The van der Waals surface area contributed by atoms with Gasteiger partial charge in [0.1, 0.15) is 0 Å². The third kappa shape index (κ3) is 2.54. The summed E-state index contributed by atoms with van der Waals surface area (Å²) in [6, 6.07) is 7.71. The maximum absolute atomic E-state index is 9.72. The van der Waals surface area contributed by atoms with Crippen LogP contribution in [0.25, 0.3) is 0 Å². The van der Waals surface area contributed by atoms with Crippen molar-refractivity contribution in [3.8, 4) is 0 Å². The van der Waals surface area contributed by atoms with Crippen LogP contribution in [0.15, 0.2) is 24.3 Å². The molecule has 1 unspecified atom stereocenters. The molecule has 0 bridgehead atoms. The summed E-state index contributed by atoms with van der Waals surface area (Å²) in [4.78, 5) is 0. The topological polar surface area (TPSA) is 40.5 Å². The lowest BCUT2D eigenvalue weighted by Crippen LogP contribution is -2.12. The zero-order valence-electron chi connectivity index (χ0n) is 8.07. The Hall–Kier alpha value is -0.860. The van der Waals surface area contributed by atoms with Gasteiger partial charge < -0.3 is 10.2 Å². The lowest BCUT2D eigenvalue weighted by Gasteiger charge is -2.16. The van der Waals surface area contributed by atoms with Crippen molar-refractivity contribution in [3.05, 3.63) is 35.4 Å². The van der Waals surface area contributed by atoms with E-state index in [9.17, 15) is 5.11 Å². The molecule has 2 nitrogen and oxygen atoms in total. The second kappa shape index (κ2) is 4.40.